The average molecular weight is 390 g/mol. The van der Waals surface area contributed by atoms with Crippen LogP contribution in [0.25, 0.3) is 27.8 Å². The molecule has 0 bridgehead atoms. The number of nitro benzene ring substituents is 1. The molecule has 4 rings (SSSR count). The first-order valence-corrected chi connectivity index (χ1v) is 8.92. The van der Waals surface area contributed by atoms with Gasteiger partial charge < -0.3 is 4.57 Å². The SMILES string of the molecule is Cc1ccc(-c2c3c(=O)n(C)c(=O)n(C)c3cn2-c2cccc([N+](=O)[O-])c2)cc1. The molecular formula is C21H18N4O4. The molecule has 29 heavy (non-hydrogen) atoms. The molecule has 0 aliphatic carbocycles. The van der Waals surface area contributed by atoms with Gasteiger partial charge in [-0.1, -0.05) is 35.9 Å². The van der Waals surface area contributed by atoms with Gasteiger partial charge in [0.05, 0.1) is 27.2 Å². The molecule has 8 heteroatoms. The predicted molar refractivity (Wildman–Crippen MR) is 111 cm³/mol. The topological polar surface area (TPSA) is 92.1 Å². The van der Waals surface area contributed by atoms with Gasteiger partial charge in [-0.2, -0.15) is 0 Å². The lowest BCUT2D eigenvalue weighted by Gasteiger charge is -2.10. The molecule has 2 heterocycles. The number of rotatable bonds is 3. The molecule has 0 saturated carbocycles. The van der Waals surface area contributed by atoms with Crippen LogP contribution in [0.1, 0.15) is 5.56 Å². The molecule has 0 saturated heterocycles. The van der Waals surface area contributed by atoms with Crippen molar-refractivity contribution in [3.8, 4) is 16.9 Å². The number of fused-ring (bicyclic) bond motifs is 1. The van der Waals surface area contributed by atoms with Gasteiger partial charge in [-0.15, -0.1) is 0 Å². The molecule has 4 aromatic rings. The van der Waals surface area contributed by atoms with Crippen LogP contribution in [0.3, 0.4) is 0 Å². The van der Waals surface area contributed by atoms with Gasteiger partial charge in [-0.05, 0) is 18.6 Å². The van der Waals surface area contributed by atoms with Gasteiger partial charge in [0.1, 0.15) is 0 Å². The average Bonchev–Trinajstić information content (AvgIpc) is 3.12. The number of non-ortho nitro benzene ring substituents is 1. The molecule has 0 atom stereocenters. The summed E-state index contributed by atoms with van der Waals surface area (Å²) in [7, 11) is 3.04. The van der Waals surface area contributed by atoms with Gasteiger partial charge >= 0.3 is 5.69 Å². The summed E-state index contributed by atoms with van der Waals surface area (Å²) in [6.45, 7) is 1.96. The van der Waals surface area contributed by atoms with Crippen molar-refractivity contribution >= 4 is 16.6 Å². The van der Waals surface area contributed by atoms with Gasteiger partial charge in [0, 0.05) is 32.4 Å². The molecule has 0 spiro atoms. The third-order valence-electron chi connectivity index (χ3n) is 5.08. The third kappa shape index (κ3) is 2.85. The van der Waals surface area contributed by atoms with Crippen LogP contribution in [-0.2, 0) is 14.1 Å². The number of hydrogen-bond acceptors (Lipinski definition) is 4. The van der Waals surface area contributed by atoms with E-state index in [1.807, 2.05) is 31.2 Å². The van der Waals surface area contributed by atoms with E-state index in [1.165, 1.54) is 23.7 Å². The van der Waals surface area contributed by atoms with Crippen LogP contribution in [0.15, 0.2) is 64.3 Å². The van der Waals surface area contributed by atoms with E-state index in [9.17, 15) is 19.7 Å². The molecule has 0 unspecified atom stereocenters. The monoisotopic (exact) mass is 390 g/mol. The summed E-state index contributed by atoms with van der Waals surface area (Å²) in [5, 5.41) is 11.6. The first kappa shape index (κ1) is 18.4. The summed E-state index contributed by atoms with van der Waals surface area (Å²) in [5.41, 5.74) is 2.49. The lowest BCUT2D eigenvalue weighted by molar-refractivity contribution is -0.384. The van der Waals surface area contributed by atoms with Crippen LogP contribution >= 0.6 is 0 Å². The lowest BCUT2D eigenvalue weighted by Crippen LogP contribution is -2.36. The van der Waals surface area contributed by atoms with Crippen molar-refractivity contribution < 1.29 is 4.92 Å². The zero-order valence-electron chi connectivity index (χ0n) is 16.1. The maximum Gasteiger partial charge on any atom is 0.330 e. The number of hydrogen-bond donors (Lipinski definition) is 0. The zero-order chi connectivity index (χ0) is 20.9. The van der Waals surface area contributed by atoms with Gasteiger partial charge in [0.25, 0.3) is 11.2 Å². The number of benzene rings is 2. The fraction of sp³-hybridized carbons (Fsp3) is 0.143. The number of nitro groups is 1. The molecule has 2 aromatic carbocycles. The Morgan fingerprint density at radius 2 is 1.66 bits per heavy atom. The van der Waals surface area contributed by atoms with E-state index in [2.05, 4.69) is 0 Å². The van der Waals surface area contributed by atoms with Crippen molar-refractivity contribution in [2.75, 3.05) is 0 Å². The smallest absolute Gasteiger partial charge is 0.313 e. The first-order valence-electron chi connectivity index (χ1n) is 8.92. The van der Waals surface area contributed by atoms with Crippen molar-refractivity contribution in [2.24, 2.45) is 14.1 Å². The summed E-state index contributed by atoms with van der Waals surface area (Å²) in [5.74, 6) is 0. The molecular weight excluding hydrogens is 372 g/mol. The number of aryl methyl sites for hydroxylation is 2. The molecule has 146 valence electrons. The second kappa shape index (κ2) is 6.59. The number of aromatic nitrogens is 3. The molecule has 0 fully saturated rings. The van der Waals surface area contributed by atoms with Crippen molar-refractivity contribution in [3.63, 3.8) is 0 Å². The van der Waals surface area contributed by atoms with Gasteiger partial charge in [0.15, 0.2) is 0 Å². The Morgan fingerprint density at radius 1 is 0.966 bits per heavy atom. The standard InChI is InChI=1S/C21H18N4O4/c1-13-7-9-14(10-8-13)19-18-17(22(2)21(27)23(3)20(18)26)12-24(19)15-5-4-6-16(11-15)25(28)29/h4-12H,1-3H3. The second-order valence-electron chi connectivity index (χ2n) is 6.96. The van der Waals surface area contributed by atoms with E-state index in [4.69, 9.17) is 0 Å². The Labute approximate surface area is 165 Å². The molecule has 0 radical (unpaired) electrons. The highest BCUT2D eigenvalue weighted by atomic mass is 16.6. The van der Waals surface area contributed by atoms with Crippen molar-refractivity contribution in [2.45, 2.75) is 6.92 Å². The molecule has 0 amide bonds. The van der Waals surface area contributed by atoms with Crippen LogP contribution < -0.4 is 11.2 Å². The summed E-state index contributed by atoms with van der Waals surface area (Å²) in [6.07, 6.45) is 1.67. The van der Waals surface area contributed by atoms with E-state index in [0.717, 1.165) is 15.7 Å². The quantitative estimate of drug-likeness (QED) is 0.397. The summed E-state index contributed by atoms with van der Waals surface area (Å²) >= 11 is 0. The lowest BCUT2D eigenvalue weighted by atomic mass is 10.1. The Hall–Kier alpha value is -3.94. The fourth-order valence-corrected chi connectivity index (χ4v) is 3.50. The minimum absolute atomic E-state index is 0.0584. The maximum atomic E-state index is 13.0. The van der Waals surface area contributed by atoms with Crippen molar-refractivity contribution in [3.05, 3.63) is 91.2 Å². The Bertz CT molecular complexity index is 1390. The summed E-state index contributed by atoms with van der Waals surface area (Å²) in [6, 6.07) is 13.8. The minimum atomic E-state index is -0.465. The first-order chi connectivity index (χ1) is 13.8. The van der Waals surface area contributed by atoms with E-state index in [-0.39, 0.29) is 5.69 Å². The number of nitrogens with zero attached hydrogens (tertiary/aromatic N) is 4. The largest absolute Gasteiger partial charge is 0.330 e. The normalized spacial score (nSPS) is 11.1. The van der Waals surface area contributed by atoms with Crippen LogP contribution in [0.5, 0.6) is 0 Å². The van der Waals surface area contributed by atoms with Crippen molar-refractivity contribution in [1.29, 1.82) is 0 Å². The highest BCUT2D eigenvalue weighted by Gasteiger charge is 2.21. The van der Waals surface area contributed by atoms with E-state index in [0.29, 0.717) is 22.3 Å². The Balaban J connectivity index is 2.17. The maximum absolute atomic E-state index is 13.0. The predicted octanol–water partition coefficient (Wildman–Crippen LogP) is 2.91. The van der Waals surface area contributed by atoms with E-state index < -0.39 is 16.2 Å². The highest BCUT2D eigenvalue weighted by molar-refractivity contribution is 5.94. The fourth-order valence-electron chi connectivity index (χ4n) is 3.50. The molecule has 2 aromatic heterocycles. The van der Waals surface area contributed by atoms with E-state index in [1.54, 1.807) is 29.9 Å². The van der Waals surface area contributed by atoms with Crippen LogP contribution in [0, 0.1) is 17.0 Å². The summed E-state index contributed by atoms with van der Waals surface area (Å²) < 4.78 is 4.20. The van der Waals surface area contributed by atoms with Gasteiger partial charge in [-0.25, -0.2) is 4.79 Å². The van der Waals surface area contributed by atoms with Gasteiger partial charge in [0.2, 0.25) is 0 Å². The Kier molecular flexibility index (Phi) is 4.19. The molecule has 8 nitrogen and oxygen atoms in total. The van der Waals surface area contributed by atoms with Crippen molar-refractivity contribution in [1.82, 2.24) is 13.7 Å². The van der Waals surface area contributed by atoms with Crippen LogP contribution in [0.2, 0.25) is 0 Å². The van der Waals surface area contributed by atoms with Crippen LogP contribution in [-0.4, -0.2) is 18.6 Å². The minimum Gasteiger partial charge on any atom is -0.313 e. The molecule has 0 aliphatic rings. The molecule has 0 aliphatic heterocycles. The third-order valence-corrected chi connectivity index (χ3v) is 5.08. The van der Waals surface area contributed by atoms with E-state index >= 15 is 0 Å². The highest BCUT2D eigenvalue weighted by Crippen LogP contribution is 2.32. The van der Waals surface area contributed by atoms with Crippen LogP contribution in [0.4, 0.5) is 5.69 Å². The van der Waals surface area contributed by atoms with Gasteiger partial charge in [-0.3, -0.25) is 24.0 Å². The zero-order valence-corrected chi connectivity index (χ0v) is 16.1. The Morgan fingerprint density at radius 3 is 2.31 bits per heavy atom. The second-order valence-corrected chi connectivity index (χ2v) is 6.96. The molecule has 0 N–H and O–H groups in total. The summed E-state index contributed by atoms with van der Waals surface area (Å²) in [4.78, 5) is 36.2.